The standard InChI is InChI=1S/C21H28N2O2/c1-17(24)22(15-13-18-8-3-2-4-9-18)16-21(25)23-14-7-11-19-10-5-6-12-20(19)23/h5-6,8,10,12H,2-4,7,9,11,13-16H2,1H3. The van der Waals surface area contributed by atoms with Gasteiger partial charge in [-0.1, -0.05) is 29.8 Å². The lowest BCUT2D eigenvalue weighted by Crippen LogP contribution is -2.44. The number of nitrogens with zero attached hydrogens (tertiary/aromatic N) is 2. The number of fused-ring (bicyclic) bond motifs is 1. The zero-order chi connectivity index (χ0) is 17.6. The number of allylic oxidation sites excluding steroid dienone is 1. The number of hydrogen-bond acceptors (Lipinski definition) is 2. The minimum Gasteiger partial charge on any atom is -0.333 e. The molecule has 0 unspecified atom stereocenters. The second-order valence-electron chi connectivity index (χ2n) is 7.08. The van der Waals surface area contributed by atoms with Gasteiger partial charge in [0.2, 0.25) is 11.8 Å². The van der Waals surface area contributed by atoms with Crippen molar-refractivity contribution in [3.05, 3.63) is 41.5 Å². The highest BCUT2D eigenvalue weighted by molar-refractivity contribution is 5.97. The van der Waals surface area contributed by atoms with Crippen molar-refractivity contribution >= 4 is 17.5 Å². The van der Waals surface area contributed by atoms with Gasteiger partial charge in [0.25, 0.3) is 0 Å². The topological polar surface area (TPSA) is 40.6 Å². The number of anilines is 1. The molecule has 2 amide bonds. The number of rotatable bonds is 5. The van der Waals surface area contributed by atoms with Crippen molar-refractivity contribution < 1.29 is 9.59 Å². The molecule has 1 aromatic rings. The molecule has 0 atom stereocenters. The first-order valence-electron chi connectivity index (χ1n) is 9.47. The maximum absolute atomic E-state index is 12.8. The van der Waals surface area contributed by atoms with Crippen molar-refractivity contribution in [1.82, 2.24) is 4.90 Å². The molecule has 0 spiro atoms. The zero-order valence-corrected chi connectivity index (χ0v) is 15.2. The van der Waals surface area contributed by atoms with Crippen LogP contribution < -0.4 is 4.90 Å². The van der Waals surface area contributed by atoms with Gasteiger partial charge in [-0.05, 0) is 56.6 Å². The van der Waals surface area contributed by atoms with Gasteiger partial charge in [-0.3, -0.25) is 9.59 Å². The van der Waals surface area contributed by atoms with Crippen LogP contribution in [0, 0.1) is 0 Å². The average Bonchev–Trinajstić information content (AvgIpc) is 2.65. The second-order valence-corrected chi connectivity index (χ2v) is 7.08. The molecule has 1 heterocycles. The molecule has 1 aromatic carbocycles. The summed E-state index contributed by atoms with van der Waals surface area (Å²) in [5.41, 5.74) is 3.68. The maximum Gasteiger partial charge on any atom is 0.246 e. The SMILES string of the molecule is CC(=O)N(CCC1=CCCCC1)CC(=O)N1CCCc2ccccc21. The van der Waals surface area contributed by atoms with Crippen LogP contribution in [0.4, 0.5) is 5.69 Å². The van der Waals surface area contributed by atoms with Crippen molar-refractivity contribution in [3.8, 4) is 0 Å². The van der Waals surface area contributed by atoms with Crippen LogP contribution in [0.25, 0.3) is 0 Å². The van der Waals surface area contributed by atoms with Crippen LogP contribution in [0.3, 0.4) is 0 Å². The molecule has 4 nitrogen and oxygen atoms in total. The maximum atomic E-state index is 12.8. The van der Waals surface area contributed by atoms with Crippen LogP contribution >= 0.6 is 0 Å². The van der Waals surface area contributed by atoms with Gasteiger partial charge >= 0.3 is 0 Å². The Labute approximate surface area is 150 Å². The fourth-order valence-electron chi connectivity index (χ4n) is 3.80. The van der Waals surface area contributed by atoms with E-state index in [4.69, 9.17) is 0 Å². The lowest BCUT2D eigenvalue weighted by molar-refractivity contribution is -0.133. The van der Waals surface area contributed by atoms with Crippen LogP contribution in [0.5, 0.6) is 0 Å². The highest BCUT2D eigenvalue weighted by Gasteiger charge is 2.24. The third-order valence-electron chi connectivity index (χ3n) is 5.27. The number of aryl methyl sites for hydroxylation is 1. The summed E-state index contributed by atoms with van der Waals surface area (Å²) in [7, 11) is 0. The number of carbonyl (C=O) groups excluding carboxylic acids is 2. The molecule has 3 rings (SSSR count). The van der Waals surface area contributed by atoms with Crippen molar-refractivity contribution in [2.75, 3.05) is 24.5 Å². The predicted octanol–water partition coefficient (Wildman–Crippen LogP) is 3.70. The van der Waals surface area contributed by atoms with Gasteiger partial charge in [-0.15, -0.1) is 0 Å². The number of hydrogen-bond donors (Lipinski definition) is 0. The fourth-order valence-corrected chi connectivity index (χ4v) is 3.80. The molecule has 0 aromatic heterocycles. The third-order valence-corrected chi connectivity index (χ3v) is 5.27. The number of amides is 2. The van der Waals surface area contributed by atoms with E-state index in [1.807, 2.05) is 23.1 Å². The van der Waals surface area contributed by atoms with E-state index < -0.39 is 0 Å². The molecule has 0 fully saturated rings. The molecule has 0 saturated heterocycles. The Morgan fingerprint density at radius 3 is 2.72 bits per heavy atom. The van der Waals surface area contributed by atoms with Crippen LogP contribution in [0.2, 0.25) is 0 Å². The minimum absolute atomic E-state index is 0.0185. The Morgan fingerprint density at radius 2 is 1.96 bits per heavy atom. The predicted molar refractivity (Wildman–Crippen MR) is 101 cm³/mol. The van der Waals surface area contributed by atoms with Gasteiger partial charge in [0, 0.05) is 25.7 Å². The second kappa shape index (κ2) is 8.32. The first-order valence-corrected chi connectivity index (χ1v) is 9.47. The van der Waals surface area contributed by atoms with Crippen LogP contribution in [-0.2, 0) is 16.0 Å². The minimum atomic E-state index is -0.0185. The summed E-state index contributed by atoms with van der Waals surface area (Å²) in [6, 6.07) is 8.10. The van der Waals surface area contributed by atoms with Crippen LogP contribution in [0.1, 0.15) is 51.0 Å². The molecule has 1 aliphatic heterocycles. The molecular weight excluding hydrogens is 312 g/mol. The normalized spacial score (nSPS) is 16.8. The van der Waals surface area contributed by atoms with E-state index in [-0.39, 0.29) is 18.4 Å². The summed E-state index contributed by atoms with van der Waals surface area (Å²) in [4.78, 5) is 28.4. The van der Waals surface area contributed by atoms with Gasteiger partial charge < -0.3 is 9.80 Å². The highest BCUT2D eigenvalue weighted by atomic mass is 16.2. The van der Waals surface area contributed by atoms with E-state index in [1.165, 1.54) is 24.0 Å². The molecule has 0 bridgehead atoms. The van der Waals surface area contributed by atoms with Gasteiger partial charge in [-0.25, -0.2) is 0 Å². The van der Waals surface area contributed by atoms with Crippen LogP contribution in [-0.4, -0.2) is 36.3 Å². The van der Waals surface area contributed by atoms with E-state index >= 15 is 0 Å². The number of para-hydroxylation sites is 1. The Hall–Kier alpha value is -2.10. The molecule has 25 heavy (non-hydrogen) atoms. The molecule has 1 aliphatic carbocycles. The molecule has 134 valence electrons. The zero-order valence-electron chi connectivity index (χ0n) is 15.2. The first kappa shape index (κ1) is 17.7. The number of carbonyl (C=O) groups is 2. The quantitative estimate of drug-likeness (QED) is 0.767. The van der Waals surface area contributed by atoms with Gasteiger partial charge in [-0.2, -0.15) is 0 Å². The highest BCUT2D eigenvalue weighted by Crippen LogP contribution is 2.27. The van der Waals surface area contributed by atoms with Crippen molar-refractivity contribution in [2.24, 2.45) is 0 Å². The molecular formula is C21H28N2O2. The lowest BCUT2D eigenvalue weighted by Gasteiger charge is -2.31. The smallest absolute Gasteiger partial charge is 0.246 e. The van der Waals surface area contributed by atoms with E-state index in [0.717, 1.165) is 44.3 Å². The summed E-state index contributed by atoms with van der Waals surface area (Å²) in [5.74, 6) is 0.00928. The van der Waals surface area contributed by atoms with Gasteiger partial charge in [0.15, 0.2) is 0 Å². The summed E-state index contributed by atoms with van der Waals surface area (Å²) < 4.78 is 0. The van der Waals surface area contributed by atoms with Crippen molar-refractivity contribution in [3.63, 3.8) is 0 Å². The summed E-state index contributed by atoms with van der Waals surface area (Å²) in [6.07, 6.45) is 10.0. The van der Waals surface area contributed by atoms with Crippen molar-refractivity contribution in [2.45, 2.75) is 51.9 Å². The fraction of sp³-hybridized carbons (Fsp3) is 0.524. The molecule has 0 saturated carbocycles. The third kappa shape index (κ3) is 4.50. The lowest BCUT2D eigenvalue weighted by atomic mass is 9.97. The summed E-state index contributed by atoms with van der Waals surface area (Å²) in [6.45, 7) is 3.12. The Morgan fingerprint density at radius 1 is 1.12 bits per heavy atom. The largest absolute Gasteiger partial charge is 0.333 e. The van der Waals surface area contributed by atoms with Crippen LogP contribution in [0.15, 0.2) is 35.9 Å². The Kier molecular flexibility index (Phi) is 5.90. The molecule has 0 radical (unpaired) electrons. The summed E-state index contributed by atoms with van der Waals surface area (Å²) >= 11 is 0. The molecule has 4 heteroatoms. The van der Waals surface area contributed by atoms with Gasteiger partial charge in [0.1, 0.15) is 6.54 Å². The van der Waals surface area contributed by atoms with E-state index in [9.17, 15) is 9.59 Å². The van der Waals surface area contributed by atoms with E-state index in [0.29, 0.717) is 6.54 Å². The van der Waals surface area contributed by atoms with E-state index in [2.05, 4.69) is 12.1 Å². The monoisotopic (exact) mass is 340 g/mol. The number of benzene rings is 1. The Balaban J connectivity index is 1.63. The Bertz CT molecular complexity index is 666. The average molecular weight is 340 g/mol. The molecule has 2 aliphatic rings. The summed E-state index contributed by atoms with van der Waals surface area (Å²) in [5, 5.41) is 0. The van der Waals surface area contributed by atoms with Gasteiger partial charge in [0.05, 0.1) is 0 Å². The van der Waals surface area contributed by atoms with E-state index in [1.54, 1.807) is 11.8 Å². The van der Waals surface area contributed by atoms with Crippen molar-refractivity contribution in [1.29, 1.82) is 0 Å². The molecule has 0 N–H and O–H groups in total. The first-order chi connectivity index (χ1) is 12.1.